The number of hydrogen-bond donors (Lipinski definition) is 1. The molecule has 1 aromatic heterocycles. The summed E-state index contributed by atoms with van der Waals surface area (Å²) in [6, 6.07) is 5.52. The number of benzene rings is 1. The van der Waals surface area contributed by atoms with Crippen molar-refractivity contribution < 1.29 is 61.2 Å². The molecule has 0 aliphatic heterocycles. The second-order valence-electron chi connectivity index (χ2n) is 4.58. The van der Waals surface area contributed by atoms with E-state index in [1.165, 1.54) is 37.4 Å². The van der Waals surface area contributed by atoms with Crippen LogP contribution in [0.25, 0.3) is 4.72 Å². The Balaban J connectivity index is 0.00000392. The zero-order valence-corrected chi connectivity index (χ0v) is 19.3. The molecule has 0 saturated heterocycles. The van der Waals surface area contributed by atoms with Gasteiger partial charge in [-0.25, -0.2) is 9.78 Å². The summed E-state index contributed by atoms with van der Waals surface area (Å²) in [7, 11) is -2.27. The molecule has 0 aliphatic carbocycles. The Hall–Kier alpha value is -1.93. The van der Waals surface area contributed by atoms with Gasteiger partial charge in [0.05, 0.1) is 14.2 Å². The number of methoxy groups -OCH3 is 2. The number of aromatic nitrogens is 2. The Bertz CT molecular complexity index is 974. The van der Waals surface area contributed by atoms with Gasteiger partial charge in [-0.1, -0.05) is 12.1 Å². The predicted octanol–water partition coefficient (Wildman–Crippen LogP) is -0.732. The fourth-order valence-electron chi connectivity index (χ4n) is 1.73. The minimum Gasteiger partial charge on any atom is -0.481 e. The Morgan fingerprint density at radius 3 is 2.50 bits per heavy atom. The first-order chi connectivity index (χ1) is 12.7. The number of urea groups is 1. The first-order valence-electron chi connectivity index (χ1n) is 6.98. The van der Waals surface area contributed by atoms with Gasteiger partial charge in [0.1, 0.15) is 16.1 Å². The van der Waals surface area contributed by atoms with Crippen molar-refractivity contribution in [3.8, 4) is 11.6 Å². The molecule has 0 radical (unpaired) electrons. The minimum atomic E-state index is -4.74. The SMILES string of the molecule is COC(=O)c1ccccc1OS(=O)(=O)[N-]C(=O)Nc1nc(Br)cc(OC)n1.[Na+]. The van der Waals surface area contributed by atoms with Crippen molar-refractivity contribution in [2.24, 2.45) is 0 Å². The van der Waals surface area contributed by atoms with E-state index in [4.69, 9.17) is 8.92 Å². The second-order valence-corrected chi connectivity index (χ2v) is 6.59. The molecule has 1 N–H and O–H groups in total. The number of anilines is 1. The zero-order chi connectivity index (χ0) is 20.0. The van der Waals surface area contributed by atoms with E-state index in [1.807, 2.05) is 0 Å². The number of carbonyl (C=O) groups is 2. The maximum atomic E-state index is 12.0. The van der Waals surface area contributed by atoms with Crippen LogP contribution in [0.1, 0.15) is 10.4 Å². The van der Waals surface area contributed by atoms with Gasteiger partial charge in [0.2, 0.25) is 5.88 Å². The van der Waals surface area contributed by atoms with Gasteiger partial charge in [-0.05, 0) is 28.1 Å². The fraction of sp³-hybridized carbons (Fsp3) is 0.143. The van der Waals surface area contributed by atoms with Crippen LogP contribution in [0, 0.1) is 0 Å². The van der Waals surface area contributed by atoms with Crippen molar-refractivity contribution in [2.75, 3.05) is 19.5 Å². The van der Waals surface area contributed by atoms with Crippen LogP contribution in [0.4, 0.5) is 10.7 Å². The first kappa shape index (κ1) is 24.1. The molecule has 0 fully saturated rings. The Morgan fingerprint density at radius 2 is 1.86 bits per heavy atom. The van der Waals surface area contributed by atoms with E-state index in [9.17, 15) is 18.0 Å². The summed E-state index contributed by atoms with van der Waals surface area (Å²) in [5.74, 6) is -1.29. The number of nitrogens with one attached hydrogen (secondary N) is 1. The molecule has 0 atom stereocenters. The quantitative estimate of drug-likeness (QED) is 0.319. The first-order valence-corrected chi connectivity index (χ1v) is 9.14. The number of rotatable bonds is 6. The minimum absolute atomic E-state index is 0. The van der Waals surface area contributed by atoms with Crippen molar-refractivity contribution in [2.45, 2.75) is 0 Å². The number of amides is 2. The van der Waals surface area contributed by atoms with E-state index >= 15 is 0 Å². The van der Waals surface area contributed by atoms with Crippen LogP contribution in [-0.4, -0.2) is 44.6 Å². The maximum Gasteiger partial charge on any atom is 1.00 e. The smallest absolute Gasteiger partial charge is 0.481 e. The van der Waals surface area contributed by atoms with E-state index in [2.05, 4.69) is 40.7 Å². The Kier molecular flexibility index (Phi) is 9.10. The monoisotopic (exact) mass is 482 g/mol. The van der Waals surface area contributed by atoms with E-state index in [0.717, 1.165) is 7.11 Å². The topological polar surface area (TPSA) is 148 Å². The molecular formula is C14H12BrN4NaO7S. The van der Waals surface area contributed by atoms with Crippen LogP contribution in [0.15, 0.2) is 34.9 Å². The molecule has 14 heteroatoms. The molecule has 0 unspecified atom stereocenters. The summed E-state index contributed by atoms with van der Waals surface area (Å²) in [6.45, 7) is 0. The number of hydrogen-bond acceptors (Lipinski definition) is 9. The van der Waals surface area contributed by atoms with Gasteiger partial charge >= 0.3 is 45.8 Å². The van der Waals surface area contributed by atoms with Gasteiger partial charge in [0, 0.05) is 6.07 Å². The number of nitrogens with zero attached hydrogens (tertiary/aromatic N) is 3. The van der Waals surface area contributed by atoms with Crippen LogP contribution >= 0.6 is 15.9 Å². The molecule has 2 amide bonds. The molecule has 0 bridgehead atoms. The van der Waals surface area contributed by atoms with Gasteiger partial charge in [-0.3, -0.25) is 9.52 Å². The number of para-hydroxylation sites is 1. The third kappa shape index (κ3) is 6.91. The van der Waals surface area contributed by atoms with E-state index in [0.29, 0.717) is 0 Å². The average Bonchev–Trinajstić information content (AvgIpc) is 2.59. The molecule has 1 heterocycles. The summed E-state index contributed by atoms with van der Waals surface area (Å²) in [5, 5.41) is 2.06. The van der Waals surface area contributed by atoms with Gasteiger partial charge in [0.25, 0.3) is 0 Å². The molecule has 11 nitrogen and oxygen atoms in total. The Labute approximate surface area is 190 Å². The van der Waals surface area contributed by atoms with E-state index in [1.54, 1.807) is 0 Å². The molecule has 1 aromatic carbocycles. The van der Waals surface area contributed by atoms with Crippen LogP contribution in [0.2, 0.25) is 0 Å². The van der Waals surface area contributed by atoms with Gasteiger partial charge in [-0.2, -0.15) is 13.4 Å². The standard InChI is InChI=1S/C14H13BrN4O7S.Na/c1-24-11-7-10(15)16-13(17-11)18-14(21)19-27(22,23)26-9-6-4-3-5-8(9)12(20)25-2;/h3-7H,1-2H3,(H2,16,17,18,19,21);/q;+1/p-1. The van der Waals surface area contributed by atoms with Gasteiger partial charge in [-0.15, -0.1) is 0 Å². The number of ether oxygens (including phenoxy) is 2. The number of esters is 1. The van der Waals surface area contributed by atoms with Gasteiger partial charge < -0.3 is 19.0 Å². The summed E-state index contributed by atoms with van der Waals surface area (Å²) < 4.78 is 41.3. The summed E-state index contributed by atoms with van der Waals surface area (Å²) in [5.41, 5.74) is -0.153. The summed E-state index contributed by atoms with van der Waals surface area (Å²) in [6.07, 6.45) is 0. The summed E-state index contributed by atoms with van der Waals surface area (Å²) >= 11 is 3.08. The molecule has 0 spiro atoms. The molecule has 0 aliphatic rings. The molecular weight excluding hydrogens is 471 g/mol. The molecule has 144 valence electrons. The van der Waals surface area contributed by atoms with Crippen molar-refractivity contribution in [3.63, 3.8) is 0 Å². The van der Waals surface area contributed by atoms with Crippen LogP contribution in [0.5, 0.6) is 11.6 Å². The van der Waals surface area contributed by atoms with Gasteiger partial charge in [0.15, 0.2) is 11.8 Å². The number of carbonyl (C=O) groups excluding carboxylic acids is 2. The fourth-order valence-corrected chi connectivity index (χ4v) is 2.75. The van der Waals surface area contributed by atoms with Crippen LogP contribution in [0.3, 0.4) is 0 Å². The maximum absolute atomic E-state index is 12.0. The van der Waals surface area contributed by atoms with Crippen molar-refractivity contribution in [1.82, 2.24) is 9.97 Å². The van der Waals surface area contributed by atoms with E-state index < -0.39 is 22.3 Å². The number of halogens is 1. The Morgan fingerprint density at radius 1 is 1.18 bits per heavy atom. The molecule has 2 rings (SSSR count). The van der Waals surface area contributed by atoms with Crippen molar-refractivity contribution in [1.29, 1.82) is 0 Å². The predicted molar refractivity (Wildman–Crippen MR) is 96.0 cm³/mol. The van der Waals surface area contributed by atoms with Crippen LogP contribution in [-0.2, 0) is 15.0 Å². The van der Waals surface area contributed by atoms with E-state index in [-0.39, 0.29) is 57.3 Å². The van der Waals surface area contributed by atoms with Crippen molar-refractivity contribution >= 4 is 44.2 Å². The van der Waals surface area contributed by atoms with Crippen molar-refractivity contribution in [3.05, 3.63) is 45.2 Å². The summed E-state index contributed by atoms with van der Waals surface area (Å²) in [4.78, 5) is 31.1. The van der Waals surface area contributed by atoms with Crippen LogP contribution < -0.4 is 43.8 Å². The average molecular weight is 483 g/mol. The molecule has 28 heavy (non-hydrogen) atoms. The third-order valence-electron chi connectivity index (χ3n) is 2.78. The normalized spacial score (nSPS) is 10.2. The molecule has 2 aromatic rings. The zero-order valence-electron chi connectivity index (χ0n) is 14.9. The third-order valence-corrected chi connectivity index (χ3v) is 3.97. The largest absolute Gasteiger partial charge is 1.00 e. The molecule has 0 saturated carbocycles. The second kappa shape index (κ2) is 10.6.